The first-order valence-electron chi connectivity index (χ1n) is 6.08. The number of aromatic nitrogens is 1. The van der Waals surface area contributed by atoms with E-state index in [1.807, 2.05) is 0 Å². The lowest BCUT2D eigenvalue weighted by molar-refractivity contribution is 0.0692. The Balaban J connectivity index is 2.08. The molecule has 19 heavy (non-hydrogen) atoms. The minimum atomic E-state index is -1.02. The Morgan fingerprint density at radius 3 is 3.00 bits per heavy atom. The van der Waals surface area contributed by atoms with Gasteiger partial charge in [0.05, 0.1) is 12.8 Å². The molecule has 0 atom stereocenters. The summed E-state index contributed by atoms with van der Waals surface area (Å²) in [6, 6.07) is 3.31. The summed E-state index contributed by atoms with van der Waals surface area (Å²) >= 11 is 1.76. The van der Waals surface area contributed by atoms with Gasteiger partial charge < -0.3 is 9.84 Å². The topological polar surface area (TPSA) is 59.4 Å². The summed E-state index contributed by atoms with van der Waals surface area (Å²) in [6.45, 7) is 0. The molecular weight excluding hydrogens is 262 g/mol. The predicted octanol–water partition coefficient (Wildman–Crippen LogP) is 3.01. The number of hydrogen-bond donors (Lipinski definition) is 1. The van der Waals surface area contributed by atoms with Crippen LogP contribution in [0, 0.1) is 0 Å². The lowest BCUT2D eigenvalue weighted by atomic mass is 10.1. The van der Waals surface area contributed by atoms with E-state index in [-0.39, 0.29) is 11.4 Å². The number of aromatic carboxylic acids is 1. The number of carboxylic acid groups (broad SMARTS) is 1. The normalized spacial score (nSPS) is 13.3. The lowest BCUT2D eigenvalue weighted by Crippen LogP contribution is -2.03. The smallest absolute Gasteiger partial charge is 0.341 e. The van der Waals surface area contributed by atoms with Crippen LogP contribution in [-0.4, -0.2) is 23.2 Å². The second kappa shape index (κ2) is 4.66. The number of carbonyl (C=O) groups is 1. The monoisotopic (exact) mass is 275 g/mol. The third-order valence-electron chi connectivity index (χ3n) is 3.37. The number of carboxylic acids is 1. The van der Waals surface area contributed by atoms with Crippen molar-refractivity contribution in [1.29, 1.82) is 0 Å². The van der Waals surface area contributed by atoms with Crippen LogP contribution in [0.4, 0.5) is 0 Å². The van der Waals surface area contributed by atoms with Gasteiger partial charge in [-0.05, 0) is 37.0 Å². The van der Waals surface area contributed by atoms with E-state index in [4.69, 9.17) is 9.84 Å². The summed E-state index contributed by atoms with van der Waals surface area (Å²) in [5, 5.41) is 11.2. The quantitative estimate of drug-likeness (QED) is 0.935. The Bertz CT molecular complexity index is 648. The van der Waals surface area contributed by atoms with Gasteiger partial charge in [-0.2, -0.15) is 0 Å². The van der Waals surface area contributed by atoms with Crippen LogP contribution in [0.5, 0.6) is 5.88 Å². The second-order valence-corrected chi connectivity index (χ2v) is 5.43. The molecule has 0 saturated heterocycles. The average Bonchev–Trinajstić information content (AvgIpc) is 3.00. The summed E-state index contributed by atoms with van der Waals surface area (Å²) < 4.78 is 5.08. The maximum absolute atomic E-state index is 11.0. The fourth-order valence-electron chi connectivity index (χ4n) is 2.46. The van der Waals surface area contributed by atoms with Crippen LogP contribution in [0.3, 0.4) is 0 Å². The van der Waals surface area contributed by atoms with Crippen LogP contribution in [0.15, 0.2) is 17.5 Å². The summed E-state index contributed by atoms with van der Waals surface area (Å²) in [7, 11) is 1.44. The Morgan fingerprint density at radius 2 is 2.26 bits per heavy atom. The molecule has 4 nitrogen and oxygen atoms in total. The fourth-order valence-corrected chi connectivity index (χ4v) is 3.60. The van der Waals surface area contributed by atoms with Crippen molar-refractivity contribution in [3.05, 3.63) is 33.5 Å². The number of nitrogens with zero attached hydrogens (tertiary/aromatic N) is 1. The zero-order valence-corrected chi connectivity index (χ0v) is 11.3. The van der Waals surface area contributed by atoms with E-state index in [9.17, 15) is 4.79 Å². The van der Waals surface area contributed by atoms with Crippen molar-refractivity contribution in [2.45, 2.75) is 19.3 Å². The number of hydrogen-bond acceptors (Lipinski definition) is 4. The maximum Gasteiger partial charge on any atom is 0.341 e. The highest BCUT2D eigenvalue weighted by Gasteiger charge is 2.20. The van der Waals surface area contributed by atoms with E-state index < -0.39 is 5.97 Å². The van der Waals surface area contributed by atoms with Crippen molar-refractivity contribution in [2.24, 2.45) is 0 Å². The Kier molecular flexibility index (Phi) is 2.98. The first kappa shape index (κ1) is 12.2. The Labute approximate surface area is 114 Å². The molecule has 0 aliphatic heterocycles. The zero-order chi connectivity index (χ0) is 13.4. The van der Waals surface area contributed by atoms with Gasteiger partial charge in [-0.15, -0.1) is 11.3 Å². The molecular formula is C14H13NO3S. The number of ether oxygens (including phenoxy) is 1. The standard InChI is InChI=1S/C14H13NO3S/c1-18-13-9(14(16)17)5-6-11(15-13)10-7-19-12-4-2-3-8(10)12/h5-7H,2-4H2,1H3,(H,16,17). The van der Waals surface area contributed by atoms with Crippen LogP contribution in [-0.2, 0) is 12.8 Å². The molecule has 0 radical (unpaired) electrons. The molecule has 1 aliphatic rings. The number of aryl methyl sites for hydroxylation is 1. The van der Waals surface area contributed by atoms with E-state index >= 15 is 0 Å². The second-order valence-electron chi connectivity index (χ2n) is 4.46. The van der Waals surface area contributed by atoms with E-state index in [0.717, 1.165) is 24.1 Å². The van der Waals surface area contributed by atoms with Crippen molar-refractivity contribution in [3.8, 4) is 17.1 Å². The molecule has 1 N–H and O–H groups in total. The van der Waals surface area contributed by atoms with Gasteiger partial charge in [-0.25, -0.2) is 9.78 Å². The minimum Gasteiger partial charge on any atom is -0.480 e. The van der Waals surface area contributed by atoms with Crippen LogP contribution in [0.1, 0.15) is 27.2 Å². The van der Waals surface area contributed by atoms with Crippen LogP contribution in [0.25, 0.3) is 11.3 Å². The van der Waals surface area contributed by atoms with Crippen molar-refractivity contribution in [3.63, 3.8) is 0 Å². The molecule has 2 aromatic heterocycles. The first-order valence-corrected chi connectivity index (χ1v) is 6.96. The zero-order valence-electron chi connectivity index (χ0n) is 10.5. The molecule has 0 saturated carbocycles. The molecule has 0 unspecified atom stereocenters. The number of rotatable bonds is 3. The predicted molar refractivity (Wildman–Crippen MR) is 73.1 cm³/mol. The highest BCUT2D eigenvalue weighted by atomic mass is 32.1. The Morgan fingerprint density at radius 1 is 1.42 bits per heavy atom. The Hall–Kier alpha value is -1.88. The maximum atomic E-state index is 11.0. The van der Waals surface area contributed by atoms with E-state index in [2.05, 4.69) is 10.4 Å². The van der Waals surface area contributed by atoms with Crippen LogP contribution in [0.2, 0.25) is 0 Å². The highest BCUT2D eigenvalue weighted by Crippen LogP contribution is 2.37. The number of pyridine rings is 1. The van der Waals surface area contributed by atoms with E-state index in [1.165, 1.54) is 24.0 Å². The number of thiophene rings is 1. The van der Waals surface area contributed by atoms with Crippen molar-refractivity contribution in [1.82, 2.24) is 4.98 Å². The molecule has 0 fully saturated rings. The van der Waals surface area contributed by atoms with Crippen molar-refractivity contribution >= 4 is 17.3 Å². The van der Waals surface area contributed by atoms with Crippen LogP contribution < -0.4 is 4.74 Å². The van der Waals surface area contributed by atoms with Gasteiger partial charge in [0.2, 0.25) is 5.88 Å². The van der Waals surface area contributed by atoms with Gasteiger partial charge in [-0.1, -0.05) is 0 Å². The lowest BCUT2D eigenvalue weighted by Gasteiger charge is -2.07. The SMILES string of the molecule is COc1nc(-c2csc3c2CCC3)ccc1C(=O)O. The van der Waals surface area contributed by atoms with Gasteiger partial charge >= 0.3 is 5.97 Å². The molecule has 1 aliphatic carbocycles. The molecule has 3 rings (SSSR count). The molecule has 0 bridgehead atoms. The van der Waals surface area contributed by atoms with E-state index in [0.29, 0.717) is 0 Å². The van der Waals surface area contributed by atoms with Crippen molar-refractivity contribution in [2.75, 3.05) is 7.11 Å². The molecule has 98 valence electrons. The number of methoxy groups -OCH3 is 1. The summed E-state index contributed by atoms with van der Waals surface area (Å²) in [5.41, 5.74) is 3.37. The average molecular weight is 275 g/mol. The largest absolute Gasteiger partial charge is 0.480 e. The van der Waals surface area contributed by atoms with Gasteiger partial charge in [0.15, 0.2) is 0 Å². The molecule has 0 amide bonds. The molecule has 2 aromatic rings. The van der Waals surface area contributed by atoms with Gasteiger partial charge in [0.1, 0.15) is 5.56 Å². The number of fused-ring (bicyclic) bond motifs is 1. The minimum absolute atomic E-state index is 0.0955. The third kappa shape index (κ3) is 2.00. The van der Waals surface area contributed by atoms with Gasteiger partial charge in [-0.3, -0.25) is 0 Å². The molecule has 5 heteroatoms. The molecule has 0 aromatic carbocycles. The van der Waals surface area contributed by atoms with Gasteiger partial charge in [0, 0.05) is 15.8 Å². The van der Waals surface area contributed by atoms with E-state index in [1.54, 1.807) is 23.5 Å². The summed E-state index contributed by atoms with van der Waals surface area (Å²) in [4.78, 5) is 16.8. The summed E-state index contributed by atoms with van der Waals surface area (Å²) in [5.74, 6) is -0.852. The highest BCUT2D eigenvalue weighted by molar-refractivity contribution is 7.10. The molecule has 0 spiro atoms. The molecule has 2 heterocycles. The van der Waals surface area contributed by atoms with Crippen molar-refractivity contribution < 1.29 is 14.6 Å². The van der Waals surface area contributed by atoms with Crippen LogP contribution >= 0.6 is 11.3 Å². The first-order chi connectivity index (χ1) is 9.20. The summed E-state index contributed by atoms with van der Waals surface area (Å²) in [6.07, 6.45) is 3.42. The van der Waals surface area contributed by atoms with Gasteiger partial charge in [0.25, 0.3) is 0 Å². The fraction of sp³-hybridized carbons (Fsp3) is 0.286. The third-order valence-corrected chi connectivity index (χ3v) is 4.46.